The molecule has 3 rings (SSSR count). The second kappa shape index (κ2) is 9.27. The van der Waals surface area contributed by atoms with E-state index in [9.17, 15) is 9.59 Å². The first kappa shape index (κ1) is 21.1. The Morgan fingerprint density at radius 1 is 1.07 bits per heavy atom. The molecule has 0 radical (unpaired) electrons. The predicted octanol–water partition coefficient (Wildman–Crippen LogP) is 5.78. The number of para-hydroxylation sites is 1. The molecule has 1 heterocycles. The van der Waals surface area contributed by atoms with Gasteiger partial charge in [-0.15, -0.1) is 0 Å². The average Bonchev–Trinajstić information content (AvgIpc) is 2.68. The topological polar surface area (TPSA) is 68.3 Å². The second-order valence-electron chi connectivity index (χ2n) is 6.07. The summed E-state index contributed by atoms with van der Waals surface area (Å²) >= 11 is 17.9. The van der Waals surface area contributed by atoms with Gasteiger partial charge in [0.05, 0.1) is 26.9 Å². The number of fused-ring (bicyclic) bond motifs is 1. The molecule has 0 bridgehead atoms. The van der Waals surface area contributed by atoms with Gasteiger partial charge in [-0.25, -0.2) is 9.78 Å². The Morgan fingerprint density at radius 2 is 1.76 bits per heavy atom. The van der Waals surface area contributed by atoms with Crippen molar-refractivity contribution in [3.8, 4) is 0 Å². The number of halogens is 3. The number of aromatic nitrogens is 1. The molecule has 1 atom stereocenters. The third-order valence-electron chi connectivity index (χ3n) is 3.93. The van der Waals surface area contributed by atoms with Crippen LogP contribution < -0.4 is 5.32 Å². The molecule has 0 spiro atoms. The lowest BCUT2D eigenvalue weighted by Gasteiger charge is -2.14. The molecule has 8 heteroatoms. The lowest BCUT2D eigenvalue weighted by molar-refractivity contribution is -0.148. The van der Waals surface area contributed by atoms with Crippen molar-refractivity contribution in [2.24, 2.45) is 0 Å². The third kappa shape index (κ3) is 5.48. The van der Waals surface area contributed by atoms with E-state index in [0.717, 1.165) is 10.9 Å². The van der Waals surface area contributed by atoms with E-state index in [0.29, 0.717) is 10.7 Å². The van der Waals surface area contributed by atoms with Crippen LogP contribution in [0.25, 0.3) is 17.0 Å². The van der Waals surface area contributed by atoms with E-state index in [-0.39, 0.29) is 15.7 Å². The highest BCUT2D eigenvalue weighted by molar-refractivity contribution is 6.42. The lowest BCUT2D eigenvalue weighted by Crippen LogP contribution is -2.29. The lowest BCUT2D eigenvalue weighted by atomic mass is 10.2. The van der Waals surface area contributed by atoms with Gasteiger partial charge >= 0.3 is 5.97 Å². The minimum atomic E-state index is -1.07. The molecule has 0 fully saturated rings. The van der Waals surface area contributed by atoms with Crippen LogP contribution in [0.2, 0.25) is 15.1 Å². The largest absolute Gasteiger partial charge is 0.449 e. The molecule has 1 unspecified atom stereocenters. The molecule has 2 aromatic carbocycles. The van der Waals surface area contributed by atoms with Crippen LogP contribution in [0.5, 0.6) is 0 Å². The number of ether oxygens (including phenoxy) is 1. The summed E-state index contributed by atoms with van der Waals surface area (Å²) in [6.45, 7) is 1.44. The molecule has 3 aromatic rings. The molecule has 0 aliphatic heterocycles. The second-order valence-corrected chi connectivity index (χ2v) is 7.33. The summed E-state index contributed by atoms with van der Waals surface area (Å²) < 4.78 is 5.12. The predicted molar refractivity (Wildman–Crippen MR) is 116 cm³/mol. The molecule has 0 aliphatic carbocycles. The quantitative estimate of drug-likeness (QED) is 0.396. The van der Waals surface area contributed by atoms with E-state index in [2.05, 4.69) is 10.3 Å². The molecule has 1 aromatic heterocycles. The van der Waals surface area contributed by atoms with Crippen LogP contribution in [0, 0.1) is 0 Å². The number of carbonyl (C=O) groups is 2. The van der Waals surface area contributed by atoms with E-state index in [1.165, 1.54) is 31.2 Å². The van der Waals surface area contributed by atoms with Gasteiger partial charge in [0.15, 0.2) is 6.10 Å². The first-order valence-corrected chi connectivity index (χ1v) is 9.67. The van der Waals surface area contributed by atoms with Crippen LogP contribution in [0.3, 0.4) is 0 Å². The summed E-state index contributed by atoms with van der Waals surface area (Å²) in [4.78, 5) is 28.8. The minimum absolute atomic E-state index is 0.177. The van der Waals surface area contributed by atoms with Crippen molar-refractivity contribution in [2.45, 2.75) is 13.0 Å². The number of nitrogens with zero attached hydrogens (tertiary/aromatic N) is 1. The highest BCUT2D eigenvalue weighted by Crippen LogP contribution is 2.33. The van der Waals surface area contributed by atoms with Crippen molar-refractivity contribution >= 4 is 69.3 Å². The Labute approximate surface area is 182 Å². The molecule has 1 amide bonds. The van der Waals surface area contributed by atoms with E-state index in [1.54, 1.807) is 6.07 Å². The van der Waals surface area contributed by atoms with Crippen molar-refractivity contribution < 1.29 is 14.3 Å². The van der Waals surface area contributed by atoms with Crippen LogP contribution in [-0.2, 0) is 14.3 Å². The number of benzene rings is 2. The van der Waals surface area contributed by atoms with Gasteiger partial charge in [-0.1, -0.05) is 59.1 Å². The van der Waals surface area contributed by atoms with Gasteiger partial charge in [0.1, 0.15) is 0 Å². The first-order valence-electron chi connectivity index (χ1n) is 8.53. The third-order valence-corrected chi connectivity index (χ3v) is 4.74. The fourth-order valence-corrected chi connectivity index (χ4v) is 3.39. The summed E-state index contributed by atoms with van der Waals surface area (Å²) in [5.41, 5.74) is 1.60. The summed E-state index contributed by atoms with van der Waals surface area (Å²) in [5.74, 6) is -1.27. The number of amides is 1. The van der Waals surface area contributed by atoms with Gasteiger partial charge in [-0.2, -0.15) is 0 Å². The molecule has 29 heavy (non-hydrogen) atoms. The van der Waals surface area contributed by atoms with Crippen molar-refractivity contribution in [1.29, 1.82) is 0 Å². The molecule has 0 saturated carbocycles. The SMILES string of the molecule is CC(OC(=O)/C=C/c1ccc2ccccc2n1)C(=O)Nc1c(Cl)cc(Cl)cc1Cl. The zero-order valence-electron chi connectivity index (χ0n) is 15.2. The van der Waals surface area contributed by atoms with E-state index in [4.69, 9.17) is 39.5 Å². The summed E-state index contributed by atoms with van der Waals surface area (Å²) in [6, 6.07) is 14.2. The van der Waals surface area contributed by atoms with E-state index in [1.807, 2.05) is 30.3 Å². The van der Waals surface area contributed by atoms with Crippen molar-refractivity contribution in [2.75, 3.05) is 5.32 Å². The fourth-order valence-electron chi connectivity index (χ4n) is 2.48. The molecule has 5 nitrogen and oxygen atoms in total. The van der Waals surface area contributed by atoms with Crippen LogP contribution in [0.4, 0.5) is 5.69 Å². The van der Waals surface area contributed by atoms with Crippen LogP contribution in [0.15, 0.2) is 54.6 Å². The van der Waals surface area contributed by atoms with Gasteiger partial charge in [-0.3, -0.25) is 4.79 Å². The molecule has 0 saturated heterocycles. The Kier molecular flexibility index (Phi) is 6.75. The van der Waals surface area contributed by atoms with Gasteiger partial charge in [0, 0.05) is 16.5 Å². The summed E-state index contributed by atoms with van der Waals surface area (Å²) in [6.07, 6.45) is 1.66. The van der Waals surface area contributed by atoms with Crippen LogP contribution in [0.1, 0.15) is 12.6 Å². The Morgan fingerprint density at radius 3 is 2.48 bits per heavy atom. The maximum Gasteiger partial charge on any atom is 0.331 e. The summed E-state index contributed by atoms with van der Waals surface area (Å²) in [7, 11) is 0. The maximum absolute atomic E-state index is 12.3. The number of carbonyl (C=O) groups excluding carboxylic acids is 2. The zero-order chi connectivity index (χ0) is 21.0. The van der Waals surface area contributed by atoms with Gasteiger partial charge in [-0.05, 0) is 37.3 Å². The molecule has 0 aliphatic rings. The van der Waals surface area contributed by atoms with Crippen LogP contribution >= 0.6 is 34.8 Å². The molecular weight excluding hydrogens is 435 g/mol. The Balaban J connectivity index is 1.62. The zero-order valence-corrected chi connectivity index (χ0v) is 17.4. The number of hydrogen-bond acceptors (Lipinski definition) is 4. The number of hydrogen-bond donors (Lipinski definition) is 1. The van der Waals surface area contributed by atoms with Crippen molar-refractivity contribution in [3.05, 3.63) is 75.4 Å². The van der Waals surface area contributed by atoms with Crippen molar-refractivity contribution in [3.63, 3.8) is 0 Å². The number of pyridine rings is 1. The fraction of sp³-hybridized carbons (Fsp3) is 0.0952. The smallest absolute Gasteiger partial charge is 0.331 e. The normalized spacial score (nSPS) is 12.1. The highest BCUT2D eigenvalue weighted by atomic mass is 35.5. The number of rotatable bonds is 5. The van der Waals surface area contributed by atoms with Gasteiger partial charge in [0.25, 0.3) is 5.91 Å². The summed E-state index contributed by atoms with van der Waals surface area (Å²) in [5, 5.41) is 4.22. The average molecular weight is 450 g/mol. The molecule has 1 N–H and O–H groups in total. The Bertz CT molecular complexity index is 1090. The number of nitrogens with one attached hydrogen (secondary N) is 1. The van der Waals surface area contributed by atoms with E-state index < -0.39 is 18.0 Å². The number of esters is 1. The first-order chi connectivity index (χ1) is 13.8. The highest BCUT2D eigenvalue weighted by Gasteiger charge is 2.19. The van der Waals surface area contributed by atoms with E-state index >= 15 is 0 Å². The maximum atomic E-state index is 12.3. The minimum Gasteiger partial charge on any atom is -0.449 e. The van der Waals surface area contributed by atoms with Crippen molar-refractivity contribution in [1.82, 2.24) is 4.98 Å². The van der Waals surface area contributed by atoms with Gasteiger partial charge in [0.2, 0.25) is 0 Å². The van der Waals surface area contributed by atoms with Gasteiger partial charge < -0.3 is 10.1 Å². The Hall–Kier alpha value is -2.60. The standard InChI is InChI=1S/C21H15Cl3N2O3/c1-12(21(28)26-20-16(23)10-14(22)11-17(20)24)29-19(27)9-8-15-7-6-13-4-2-3-5-18(13)25-15/h2-12H,1H3,(H,26,28)/b9-8+. The van der Waals surface area contributed by atoms with Crippen LogP contribution in [-0.4, -0.2) is 23.0 Å². The molecular formula is C21H15Cl3N2O3. The molecule has 148 valence electrons. The number of anilines is 1. The monoisotopic (exact) mass is 448 g/mol.